The molecule has 0 fully saturated rings. The summed E-state index contributed by atoms with van der Waals surface area (Å²) in [5, 5.41) is 11.1. The second kappa shape index (κ2) is 9.81. The Hall–Kier alpha value is -5.24. The third-order valence-electron chi connectivity index (χ3n) is 7.18. The first kappa shape index (κ1) is 23.8. The van der Waals surface area contributed by atoms with Crippen LogP contribution in [-0.2, 0) is 11.4 Å². The summed E-state index contributed by atoms with van der Waals surface area (Å²) in [5.41, 5.74) is 5.41. The van der Waals surface area contributed by atoms with Crippen LogP contribution in [0.4, 0.5) is 0 Å². The molecule has 2 aromatic heterocycles. The normalized spacial score (nSPS) is 14.4. The van der Waals surface area contributed by atoms with Crippen LogP contribution in [0.2, 0.25) is 0 Å². The highest BCUT2D eigenvalue weighted by Crippen LogP contribution is 2.50. The van der Waals surface area contributed by atoms with Crippen LogP contribution in [0.1, 0.15) is 40.9 Å². The number of benzene rings is 4. The van der Waals surface area contributed by atoms with Crippen LogP contribution in [0, 0.1) is 0 Å². The van der Waals surface area contributed by atoms with Gasteiger partial charge in [0.1, 0.15) is 17.8 Å². The molecule has 0 amide bonds. The molecular formula is C32H25N5O3. The molecule has 0 saturated heterocycles. The summed E-state index contributed by atoms with van der Waals surface area (Å²) in [4.78, 5) is 15.2. The Labute approximate surface area is 230 Å². The van der Waals surface area contributed by atoms with E-state index in [4.69, 9.17) is 19.3 Å². The van der Waals surface area contributed by atoms with Gasteiger partial charge >= 0.3 is 0 Å². The zero-order chi connectivity index (χ0) is 27.1. The number of aromatic nitrogens is 4. The highest BCUT2D eigenvalue weighted by Gasteiger charge is 2.34. The number of methoxy groups -OCH3 is 1. The summed E-state index contributed by atoms with van der Waals surface area (Å²) < 4.78 is 13.5. The first-order chi connectivity index (χ1) is 19.7. The van der Waals surface area contributed by atoms with Crippen LogP contribution >= 0.6 is 0 Å². The molecule has 0 unspecified atom stereocenters. The van der Waals surface area contributed by atoms with E-state index in [1.807, 2.05) is 67.6 Å². The number of hydrogen-bond donors (Lipinski definition) is 0. The van der Waals surface area contributed by atoms with Gasteiger partial charge in [-0.2, -0.15) is 0 Å². The van der Waals surface area contributed by atoms with Crippen LogP contribution in [0.3, 0.4) is 0 Å². The molecule has 0 aliphatic carbocycles. The van der Waals surface area contributed by atoms with Crippen molar-refractivity contribution < 1.29 is 14.3 Å². The van der Waals surface area contributed by atoms with Crippen molar-refractivity contribution in [2.45, 2.75) is 19.4 Å². The van der Waals surface area contributed by atoms with Gasteiger partial charge in [0.2, 0.25) is 5.88 Å². The van der Waals surface area contributed by atoms with Gasteiger partial charge in [-0.05, 0) is 47.0 Å². The van der Waals surface area contributed by atoms with Crippen molar-refractivity contribution in [2.75, 3.05) is 7.11 Å². The predicted molar refractivity (Wildman–Crippen MR) is 152 cm³/mol. The van der Waals surface area contributed by atoms with Crippen molar-refractivity contribution in [3.8, 4) is 17.4 Å². The van der Waals surface area contributed by atoms with Gasteiger partial charge in [0.05, 0.1) is 18.4 Å². The van der Waals surface area contributed by atoms with Crippen molar-refractivity contribution >= 4 is 22.1 Å². The molecule has 0 N–H and O–H groups in total. The number of nitrogens with zero attached hydrogens (tertiary/aromatic N) is 5. The molecule has 4 aromatic carbocycles. The quantitative estimate of drug-likeness (QED) is 0.181. The molecule has 7 rings (SSSR count). The molecule has 8 nitrogen and oxygen atoms in total. The lowest BCUT2D eigenvalue weighted by Crippen LogP contribution is -2.15. The van der Waals surface area contributed by atoms with E-state index in [1.165, 1.54) is 0 Å². The largest absolute Gasteiger partial charge is 0.497 e. The molecule has 0 spiro atoms. The zero-order valence-corrected chi connectivity index (χ0v) is 22.0. The third-order valence-corrected chi connectivity index (χ3v) is 7.18. The van der Waals surface area contributed by atoms with Crippen molar-refractivity contribution in [3.63, 3.8) is 0 Å². The van der Waals surface area contributed by atoms with Crippen molar-refractivity contribution in [2.24, 2.45) is 5.16 Å². The van der Waals surface area contributed by atoms with Gasteiger partial charge in [-0.3, -0.25) is 0 Å². The number of ether oxygens (including phenoxy) is 2. The molecule has 6 aromatic rings. The van der Waals surface area contributed by atoms with Crippen LogP contribution in [0.15, 0.2) is 102 Å². The Morgan fingerprint density at radius 3 is 2.55 bits per heavy atom. The average molecular weight is 528 g/mol. The van der Waals surface area contributed by atoms with Crippen LogP contribution in [0.5, 0.6) is 17.4 Å². The lowest BCUT2D eigenvalue weighted by atomic mass is 9.81. The Morgan fingerprint density at radius 2 is 1.73 bits per heavy atom. The molecule has 1 atom stereocenters. The number of rotatable bonds is 6. The van der Waals surface area contributed by atoms with Crippen molar-refractivity contribution in [1.82, 2.24) is 19.6 Å². The van der Waals surface area contributed by atoms with Gasteiger partial charge in [-0.25, -0.2) is 14.5 Å². The lowest BCUT2D eigenvalue weighted by Gasteiger charge is -2.29. The molecule has 196 valence electrons. The van der Waals surface area contributed by atoms with Crippen molar-refractivity contribution in [1.29, 1.82) is 0 Å². The van der Waals surface area contributed by atoms with Gasteiger partial charge in [0.25, 0.3) is 0 Å². The molecule has 1 aliphatic rings. The summed E-state index contributed by atoms with van der Waals surface area (Å²) in [7, 11) is 1.67. The maximum Gasteiger partial charge on any atom is 0.228 e. The molecule has 0 saturated carbocycles. The lowest BCUT2D eigenvalue weighted by molar-refractivity contribution is 0.125. The van der Waals surface area contributed by atoms with E-state index in [0.717, 1.165) is 50.2 Å². The maximum absolute atomic E-state index is 6.39. The van der Waals surface area contributed by atoms with E-state index in [0.29, 0.717) is 17.4 Å². The second-order valence-corrected chi connectivity index (χ2v) is 9.58. The smallest absolute Gasteiger partial charge is 0.228 e. The monoisotopic (exact) mass is 527 g/mol. The first-order valence-corrected chi connectivity index (χ1v) is 13.0. The molecular weight excluding hydrogens is 502 g/mol. The summed E-state index contributed by atoms with van der Waals surface area (Å²) in [5.74, 6) is 2.38. The van der Waals surface area contributed by atoms with Gasteiger partial charge in [-0.15, -0.1) is 5.10 Å². The fraction of sp³-hybridized carbons (Fsp3) is 0.125. The van der Waals surface area contributed by atoms with E-state index in [1.54, 1.807) is 18.0 Å². The highest BCUT2D eigenvalue weighted by atomic mass is 16.6. The van der Waals surface area contributed by atoms with Gasteiger partial charge < -0.3 is 14.3 Å². The minimum atomic E-state index is -0.191. The highest BCUT2D eigenvalue weighted by molar-refractivity contribution is 5.98. The Morgan fingerprint density at radius 1 is 0.925 bits per heavy atom. The zero-order valence-electron chi connectivity index (χ0n) is 22.0. The molecule has 40 heavy (non-hydrogen) atoms. The SMILES string of the molecule is COc1ccc([C@@H]2c3c(ccc4ccccc34)Oc3ncn4nc(CO/N=C(\C)c5ccccc5)nc4c32)cc1. The maximum atomic E-state index is 6.39. The molecule has 0 radical (unpaired) electrons. The Balaban J connectivity index is 1.33. The summed E-state index contributed by atoms with van der Waals surface area (Å²) >= 11 is 0. The third kappa shape index (κ3) is 4.10. The fourth-order valence-corrected chi connectivity index (χ4v) is 5.26. The van der Waals surface area contributed by atoms with Crippen LogP contribution < -0.4 is 9.47 Å². The van der Waals surface area contributed by atoms with E-state index in [2.05, 4.69) is 45.6 Å². The standard InChI is InChI=1S/C32H25N5O3/c1-20(21-8-4-3-5-9-21)36-39-18-27-34-31-30-28(23-12-15-24(38-2)16-13-23)29-25-11-7-6-10-22(25)14-17-26(29)40-32(30)33-19-37(31)35-27/h3-17,19,28H,18H2,1-2H3/b36-20+/t28-/m1/s1. The van der Waals surface area contributed by atoms with E-state index in [-0.39, 0.29) is 12.5 Å². The molecule has 3 heterocycles. The van der Waals surface area contributed by atoms with Gasteiger partial charge in [-0.1, -0.05) is 78.0 Å². The Bertz CT molecular complexity index is 1880. The van der Waals surface area contributed by atoms with Gasteiger partial charge in [0, 0.05) is 11.5 Å². The minimum Gasteiger partial charge on any atom is -0.497 e. The average Bonchev–Trinajstić information content (AvgIpc) is 3.43. The van der Waals surface area contributed by atoms with Crippen molar-refractivity contribution in [3.05, 3.63) is 125 Å². The molecule has 8 heteroatoms. The molecule has 1 aliphatic heterocycles. The number of fused-ring (bicyclic) bond motifs is 6. The summed E-state index contributed by atoms with van der Waals surface area (Å²) in [6.45, 7) is 2.03. The molecule has 0 bridgehead atoms. The van der Waals surface area contributed by atoms with Gasteiger partial charge in [0.15, 0.2) is 18.1 Å². The summed E-state index contributed by atoms with van der Waals surface area (Å²) in [6, 6.07) is 30.4. The predicted octanol–water partition coefficient (Wildman–Crippen LogP) is 6.51. The van der Waals surface area contributed by atoms with E-state index in [9.17, 15) is 0 Å². The number of hydrogen-bond acceptors (Lipinski definition) is 7. The number of oxime groups is 1. The Kier molecular flexibility index (Phi) is 5.85. The summed E-state index contributed by atoms with van der Waals surface area (Å²) in [6.07, 6.45) is 1.63. The topological polar surface area (TPSA) is 83.1 Å². The van der Waals surface area contributed by atoms with Crippen LogP contribution in [0.25, 0.3) is 16.4 Å². The van der Waals surface area contributed by atoms with Crippen LogP contribution in [-0.4, -0.2) is 32.4 Å². The van der Waals surface area contributed by atoms with E-state index < -0.39 is 0 Å². The fourth-order valence-electron chi connectivity index (χ4n) is 5.26. The minimum absolute atomic E-state index is 0.119. The van der Waals surface area contributed by atoms with E-state index >= 15 is 0 Å². The first-order valence-electron chi connectivity index (χ1n) is 13.0. The second-order valence-electron chi connectivity index (χ2n) is 9.58.